The second kappa shape index (κ2) is 9.02. The van der Waals surface area contributed by atoms with Gasteiger partial charge >= 0.3 is 6.18 Å². The van der Waals surface area contributed by atoms with E-state index in [4.69, 9.17) is 0 Å². The van der Waals surface area contributed by atoms with Gasteiger partial charge in [-0.3, -0.25) is 9.59 Å². The smallest absolute Gasteiger partial charge is 0.342 e. The van der Waals surface area contributed by atoms with Crippen LogP contribution < -0.4 is 5.32 Å². The molecule has 0 aromatic heterocycles. The predicted octanol–water partition coefficient (Wildman–Crippen LogP) is 5.28. The number of alkyl halides is 3. The number of para-hydroxylation sites is 1. The van der Waals surface area contributed by atoms with Gasteiger partial charge in [-0.05, 0) is 41.3 Å². The van der Waals surface area contributed by atoms with E-state index in [-0.39, 0.29) is 24.6 Å². The summed E-state index contributed by atoms with van der Waals surface area (Å²) in [7, 11) is 0. The number of nitrogens with zero attached hydrogens (tertiary/aromatic N) is 1. The Balaban J connectivity index is 1.44. The maximum Gasteiger partial charge on any atom is 0.418 e. The Morgan fingerprint density at radius 2 is 1.69 bits per heavy atom. The first-order valence-electron chi connectivity index (χ1n) is 10.5. The first kappa shape index (κ1) is 21.9. The van der Waals surface area contributed by atoms with Crippen LogP contribution in [-0.2, 0) is 22.2 Å². The van der Waals surface area contributed by atoms with Crippen LogP contribution in [0.15, 0.2) is 66.7 Å². The molecular formula is C25H23F3N2O2. The molecule has 0 aliphatic carbocycles. The molecule has 0 saturated carbocycles. The van der Waals surface area contributed by atoms with Gasteiger partial charge in [-0.25, -0.2) is 0 Å². The van der Waals surface area contributed by atoms with Crippen molar-refractivity contribution in [2.45, 2.75) is 25.4 Å². The number of nitrogens with one attached hydrogen (secondary N) is 1. The Morgan fingerprint density at radius 1 is 0.969 bits per heavy atom. The summed E-state index contributed by atoms with van der Waals surface area (Å²) in [6, 6.07) is 18.6. The lowest BCUT2D eigenvalue weighted by Crippen LogP contribution is -2.44. The Labute approximate surface area is 184 Å². The molecule has 0 unspecified atom stereocenters. The van der Waals surface area contributed by atoms with Gasteiger partial charge in [0, 0.05) is 13.1 Å². The van der Waals surface area contributed by atoms with Crippen LogP contribution in [0.1, 0.15) is 24.0 Å². The number of benzene rings is 3. The van der Waals surface area contributed by atoms with Crippen LogP contribution in [0.5, 0.6) is 0 Å². The summed E-state index contributed by atoms with van der Waals surface area (Å²) in [5.74, 6) is -1.14. The number of halogens is 3. The zero-order valence-corrected chi connectivity index (χ0v) is 17.4. The minimum atomic E-state index is -4.56. The normalized spacial score (nSPS) is 16.7. The molecule has 1 heterocycles. The minimum Gasteiger partial charge on any atom is -0.342 e. The summed E-state index contributed by atoms with van der Waals surface area (Å²) in [6.45, 7) is 0.732. The SMILES string of the molecule is O=C(Nc1ccccc1C(F)(F)F)[C@H]1CCCN(C(=O)Cc2cccc3ccccc23)C1. The van der Waals surface area contributed by atoms with Crippen LogP contribution in [0.2, 0.25) is 0 Å². The molecule has 1 fully saturated rings. The van der Waals surface area contributed by atoms with E-state index in [1.807, 2.05) is 42.5 Å². The van der Waals surface area contributed by atoms with Gasteiger partial charge in [0.25, 0.3) is 0 Å². The van der Waals surface area contributed by atoms with Crippen LogP contribution in [0, 0.1) is 5.92 Å². The first-order valence-corrected chi connectivity index (χ1v) is 10.5. The molecule has 3 aromatic rings. The van der Waals surface area contributed by atoms with Crippen molar-refractivity contribution in [3.63, 3.8) is 0 Å². The number of rotatable bonds is 4. The van der Waals surface area contributed by atoms with Crippen LogP contribution in [-0.4, -0.2) is 29.8 Å². The molecule has 0 spiro atoms. The molecule has 166 valence electrons. The highest BCUT2D eigenvalue weighted by molar-refractivity contribution is 5.94. The van der Waals surface area contributed by atoms with Crippen LogP contribution in [0.4, 0.5) is 18.9 Å². The predicted molar refractivity (Wildman–Crippen MR) is 117 cm³/mol. The minimum absolute atomic E-state index is 0.0884. The maximum atomic E-state index is 13.2. The number of fused-ring (bicyclic) bond motifs is 1. The number of carbonyl (C=O) groups excluding carboxylic acids is 2. The van der Waals surface area contributed by atoms with E-state index in [2.05, 4.69) is 5.32 Å². The third-order valence-corrected chi connectivity index (χ3v) is 5.86. The molecular weight excluding hydrogens is 417 g/mol. The number of piperidine rings is 1. The molecule has 7 heteroatoms. The molecule has 32 heavy (non-hydrogen) atoms. The fraction of sp³-hybridized carbons (Fsp3) is 0.280. The summed E-state index contributed by atoms with van der Waals surface area (Å²) in [5.41, 5.74) is -0.226. The molecule has 1 aliphatic rings. The average Bonchev–Trinajstić information content (AvgIpc) is 2.79. The third-order valence-electron chi connectivity index (χ3n) is 5.86. The summed E-state index contributed by atoms with van der Waals surface area (Å²) >= 11 is 0. The Morgan fingerprint density at radius 3 is 2.50 bits per heavy atom. The summed E-state index contributed by atoms with van der Waals surface area (Å²) < 4.78 is 39.7. The number of amides is 2. The molecule has 4 nitrogen and oxygen atoms in total. The molecule has 2 amide bonds. The number of carbonyl (C=O) groups is 2. The highest BCUT2D eigenvalue weighted by Gasteiger charge is 2.35. The second-order valence-electron chi connectivity index (χ2n) is 8.03. The number of anilines is 1. The largest absolute Gasteiger partial charge is 0.418 e. The van der Waals surface area contributed by atoms with Gasteiger partial charge in [-0.1, -0.05) is 54.6 Å². The van der Waals surface area contributed by atoms with Gasteiger partial charge in [-0.15, -0.1) is 0 Å². The van der Waals surface area contributed by atoms with Crippen molar-refractivity contribution in [3.05, 3.63) is 77.9 Å². The van der Waals surface area contributed by atoms with Crippen molar-refractivity contribution in [2.24, 2.45) is 5.92 Å². The van der Waals surface area contributed by atoms with Gasteiger partial charge in [0.2, 0.25) is 11.8 Å². The molecule has 3 aromatic carbocycles. The Bertz CT molecular complexity index is 1140. The fourth-order valence-electron chi connectivity index (χ4n) is 4.21. The van der Waals surface area contributed by atoms with E-state index in [1.165, 1.54) is 18.2 Å². The van der Waals surface area contributed by atoms with Crippen molar-refractivity contribution >= 4 is 28.3 Å². The number of hydrogen-bond acceptors (Lipinski definition) is 2. The second-order valence-corrected chi connectivity index (χ2v) is 8.03. The highest BCUT2D eigenvalue weighted by Crippen LogP contribution is 2.35. The van der Waals surface area contributed by atoms with E-state index < -0.39 is 23.6 Å². The maximum absolute atomic E-state index is 13.2. The van der Waals surface area contributed by atoms with Gasteiger partial charge in [-0.2, -0.15) is 13.2 Å². The van der Waals surface area contributed by atoms with Crippen LogP contribution >= 0.6 is 0 Å². The summed E-state index contributed by atoms with van der Waals surface area (Å²) in [4.78, 5) is 27.3. The first-order chi connectivity index (χ1) is 15.3. The number of likely N-dealkylation sites (tertiary alicyclic amines) is 1. The molecule has 1 aliphatic heterocycles. The van der Waals surface area contributed by atoms with Gasteiger partial charge in [0.1, 0.15) is 0 Å². The van der Waals surface area contributed by atoms with E-state index in [9.17, 15) is 22.8 Å². The Hall–Kier alpha value is -3.35. The fourth-order valence-corrected chi connectivity index (χ4v) is 4.21. The zero-order chi connectivity index (χ0) is 22.7. The quantitative estimate of drug-likeness (QED) is 0.600. The van der Waals surface area contributed by atoms with Gasteiger partial charge in [0.15, 0.2) is 0 Å². The van der Waals surface area contributed by atoms with Crippen molar-refractivity contribution in [2.75, 3.05) is 18.4 Å². The molecule has 4 rings (SSSR count). The average molecular weight is 440 g/mol. The summed E-state index contributed by atoms with van der Waals surface area (Å²) in [5, 5.41) is 4.49. The molecule has 1 N–H and O–H groups in total. The lowest BCUT2D eigenvalue weighted by Gasteiger charge is -2.32. The standard InChI is InChI=1S/C25H23F3N2O2/c26-25(27,28)21-12-3-4-13-22(21)29-24(32)19-10-6-14-30(16-19)23(31)15-18-9-5-8-17-7-1-2-11-20(17)18/h1-5,7-9,11-13,19H,6,10,14-16H2,(H,29,32)/t19-/m0/s1. The van der Waals surface area contributed by atoms with Gasteiger partial charge in [0.05, 0.1) is 23.6 Å². The lowest BCUT2D eigenvalue weighted by atomic mass is 9.95. The number of hydrogen-bond donors (Lipinski definition) is 1. The highest BCUT2D eigenvalue weighted by atomic mass is 19.4. The van der Waals surface area contributed by atoms with E-state index >= 15 is 0 Å². The van der Waals surface area contributed by atoms with Crippen molar-refractivity contribution < 1.29 is 22.8 Å². The lowest BCUT2D eigenvalue weighted by molar-refractivity contribution is -0.137. The van der Waals surface area contributed by atoms with E-state index in [0.29, 0.717) is 19.4 Å². The van der Waals surface area contributed by atoms with Crippen LogP contribution in [0.25, 0.3) is 10.8 Å². The summed E-state index contributed by atoms with van der Waals surface area (Å²) in [6.07, 6.45) is -3.19. The van der Waals surface area contributed by atoms with E-state index in [0.717, 1.165) is 22.4 Å². The Kier molecular flexibility index (Phi) is 6.17. The topological polar surface area (TPSA) is 49.4 Å². The molecule has 0 radical (unpaired) electrons. The van der Waals surface area contributed by atoms with Crippen molar-refractivity contribution in [1.82, 2.24) is 4.90 Å². The van der Waals surface area contributed by atoms with Crippen LogP contribution in [0.3, 0.4) is 0 Å². The van der Waals surface area contributed by atoms with E-state index in [1.54, 1.807) is 4.90 Å². The zero-order valence-electron chi connectivity index (χ0n) is 17.4. The monoisotopic (exact) mass is 440 g/mol. The third kappa shape index (κ3) is 4.77. The van der Waals surface area contributed by atoms with Crippen molar-refractivity contribution in [1.29, 1.82) is 0 Å². The molecule has 1 saturated heterocycles. The molecule has 1 atom stereocenters. The molecule has 0 bridgehead atoms. The van der Waals surface area contributed by atoms with Gasteiger partial charge < -0.3 is 10.2 Å². The van der Waals surface area contributed by atoms with Crippen molar-refractivity contribution in [3.8, 4) is 0 Å².